The molecule has 22 heavy (non-hydrogen) atoms. The second-order valence-corrected chi connectivity index (χ2v) is 6.41. The van der Waals surface area contributed by atoms with Crippen LogP contribution in [0.15, 0.2) is 0 Å². The zero-order valence-corrected chi connectivity index (χ0v) is 13.6. The van der Waals surface area contributed by atoms with Crippen LogP contribution in [0.2, 0.25) is 0 Å². The van der Waals surface area contributed by atoms with Crippen molar-refractivity contribution in [3.63, 3.8) is 0 Å². The fraction of sp³-hybridized carbons (Fsp3) is 0.875. The van der Waals surface area contributed by atoms with Gasteiger partial charge in [-0.1, -0.05) is 19.8 Å². The number of ether oxygens (including phenoxy) is 1. The van der Waals surface area contributed by atoms with Crippen molar-refractivity contribution in [2.75, 3.05) is 39.4 Å². The van der Waals surface area contributed by atoms with Crippen LogP contribution in [0.1, 0.15) is 39.0 Å². The third-order valence-corrected chi connectivity index (χ3v) is 4.67. The Hall–Kier alpha value is -1.14. The summed E-state index contributed by atoms with van der Waals surface area (Å²) >= 11 is 0. The Morgan fingerprint density at radius 1 is 1.14 bits per heavy atom. The molecule has 2 N–H and O–H groups in total. The van der Waals surface area contributed by atoms with E-state index in [2.05, 4.69) is 22.5 Å². The van der Waals surface area contributed by atoms with Crippen molar-refractivity contribution < 1.29 is 14.3 Å². The molecule has 6 heteroatoms. The van der Waals surface area contributed by atoms with Crippen LogP contribution in [0.5, 0.6) is 0 Å². The van der Waals surface area contributed by atoms with Gasteiger partial charge < -0.3 is 15.4 Å². The summed E-state index contributed by atoms with van der Waals surface area (Å²) < 4.78 is 5.29. The normalized spacial score (nSPS) is 26.4. The van der Waals surface area contributed by atoms with Crippen molar-refractivity contribution in [3.8, 4) is 0 Å². The molecule has 1 heterocycles. The van der Waals surface area contributed by atoms with Crippen LogP contribution >= 0.6 is 0 Å². The number of rotatable bonds is 5. The highest BCUT2D eigenvalue weighted by Crippen LogP contribution is 2.23. The van der Waals surface area contributed by atoms with Gasteiger partial charge in [-0.2, -0.15) is 0 Å². The number of nitrogens with zero attached hydrogens (tertiary/aromatic N) is 1. The Kier molecular flexibility index (Phi) is 7.12. The molecule has 1 aliphatic carbocycles. The van der Waals surface area contributed by atoms with E-state index in [1.165, 1.54) is 6.42 Å². The first-order chi connectivity index (χ1) is 10.7. The Bertz CT molecular complexity index is 370. The predicted octanol–water partition coefficient (Wildman–Crippen LogP) is 0.520. The van der Waals surface area contributed by atoms with Gasteiger partial charge in [-0.05, 0) is 31.7 Å². The SMILES string of the molecule is C[C@H]1CCCC[C@@H]1NC(=O)C(=O)NCCCN1CCOCC1. The molecule has 1 saturated carbocycles. The number of carbonyl (C=O) groups is 2. The maximum Gasteiger partial charge on any atom is 0.309 e. The van der Waals surface area contributed by atoms with Crippen LogP contribution in [0, 0.1) is 5.92 Å². The van der Waals surface area contributed by atoms with Crippen LogP contribution in [-0.4, -0.2) is 62.1 Å². The molecule has 126 valence electrons. The lowest BCUT2D eigenvalue weighted by atomic mass is 9.86. The molecule has 6 nitrogen and oxygen atoms in total. The maximum absolute atomic E-state index is 11.9. The Labute approximate surface area is 132 Å². The van der Waals surface area contributed by atoms with Gasteiger partial charge in [-0.3, -0.25) is 14.5 Å². The molecule has 1 aliphatic heterocycles. The first kappa shape index (κ1) is 17.2. The lowest BCUT2D eigenvalue weighted by molar-refractivity contribution is -0.140. The molecule has 2 fully saturated rings. The highest BCUT2D eigenvalue weighted by molar-refractivity contribution is 6.35. The lowest BCUT2D eigenvalue weighted by Crippen LogP contribution is -2.48. The monoisotopic (exact) mass is 311 g/mol. The average molecular weight is 311 g/mol. The Morgan fingerprint density at radius 2 is 1.86 bits per heavy atom. The van der Waals surface area contributed by atoms with Crippen molar-refractivity contribution in [2.45, 2.75) is 45.1 Å². The van der Waals surface area contributed by atoms with E-state index in [0.717, 1.165) is 58.5 Å². The number of nitrogens with one attached hydrogen (secondary N) is 2. The summed E-state index contributed by atoms with van der Waals surface area (Å²) in [7, 11) is 0. The minimum absolute atomic E-state index is 0.153. The van der Waals surface area contributed by atoms with E-state index in [9.17, 15) is 9.59 Å². The molecule has 1 saturated heterocycles. The van der Waals surface area contributed by atoms with E-state index in [4.69, 9.17) is 4.74 Å². The highest BCUT2D eigenvalue weighted by atomic mass is 16.5. The van der Waals surface area contributed by atoms with Gasteiger partial charge in [0.1, 0.15) is 0 Å². The van der Waals surface area contributed by atoms with Crippen molar-refractivity contribution in [1.29, 1.82) is 0 Å². The molecule has 2 rings (SSSR count). The largest absolute Gasteiger partial charge is 0.379 e. The van der Waals surface area contributed by atoms with Crippen molar-refractivity contribution in [2.24, 2.45) is 5.92 Å². The van der Waals surface area contributed by atoms with Crippen molar-refractivity contribution in [1.82, 2.24) is 15.5 Å². The van der Waals surface area contributed by atoms with Crippen LogP contribution in [0.3, 0.4) is 0 Å². The minimum atomic E-state index is -0.500. The second kappa shape index (κ2) is 9.10. The number of amides is 2. The number of morpholine rings is 1. The first-order valence-corrected chi connectivity index (χ1v) is 8.55. The molecule has 0 bridgehead atoms. The summed E-state index contributed by atoms with van der Waals surface area (Å²) in [5.41, 5.74) is 0. The molecule has 0 spiro atoms. The van der Waals surface area contributed by atoms with Crippen LogP contribution in [0.25, 0.3) is 0 Å². The van der Waals surface area contributed by atoms with Gasteiger partial charge >= 0.3 is 11.8 Å². The molecular formula is C16H29N3O3. The molecule has 0 aromatic rings. The molecular weight excluding hydrogens is 282 g/mol. The van der Waals surface area contributed by atoms with E-state index in [-0.39, 0.29) is 6.04 Å². The molecule has 0 unspecified atom stereocenters. The third-order valence-electron chi connectivity index (χ3n) is 4.67. The summed E-state index contributed by atoms with van der Waals surface area (Å²) in [5, 5.41) is 5.60. The number of carbonyl (C=O) groups excluding carboxylic acids is 2. The summed E-state index contributed by atoms with van der Waals surface area (Å²) in [6.45, 7) is 7.10. The van der Waals surface area contributed by atoms with Gasteiger partial charge in [0.2, 0.25) is 0 Å². The third kappa shape index (κ3) is 5.57. The fourth-order valence-electron chi connectivity index (χ4n) is 3.17. The summed E-state index contributed by atoms with van der Waals surface area (Å²) in [6.07, 6.45) is 5.33. The van der Waals surface area contributed by atoms with E-state index < -0.39 is 11.8 Å². The molecule has 0 aromatic carbocycles. The Morgan fingerprint density at radius 3 is 2.59 bits per heavy atom. The van der Waals surface area contributed by atoms with Crippen molar-refractivity contribution in [3.05, 3.63) is 0 Å². The average Bonchev–Trinajstić information content (AvgIpc) is 2.54. The fourth-order valence-corrected chi connectivity index (χ4v) is 3.17. The molecule has 2 aliphatic rings. The van der Waals surface area contributed by atoms with E-state index in [1.54, 1.807) is 0 Å². The molecule has 0 aromatic heterocycles. The topological polar surface area (TPSA) is 70.7 Å². The van der Waals surface area contributed by atoms with Gasteiger partial charge in [0.15, 0.2) is 0 Å². The van der Waals surface area contributed by atoms with Crippen LogP contribution in [-0.2, 0) is 14.3 Å². The van der Waals surface area contributed by atoms with Gasteiger partial charge in [0.25, 0.3) is 0 Å². The van der Waals surface area contributed by atoms with Crippen LogP contribution < -0.4 is 10.6 Å². The zero-order chi connectivity index (χ0) is 15.8. The molecule has 2 amide bonds. The first-order valence-electron chi connectivity index (χ1n) is 8.55. The van der Waals surface area contributed by atoms with E-state index in [1.807, 2.05) is 0 Å². The predicted molar refractivity (Wildman–Crippen MR) is 84.4 cm³/mol. The molecule has 0 radical (unpaired) electrons. The smallest absolute Gasteiger partial charge is 0.309 e. The summed E-state index contributed by atoms with van der Waals surface area (Å²) in [5.74, 6) is -0.517. The van der Waals surface area contributed by atoms with Gasteiger partial charge in [-0.25, -0.2) is 0 Å². The van der Waals surface area contributed by atoms with E-state index >= 15 is 0 Å². The molecule has 2 atom stereocenters. The van der Waals surface area contributed by atoms with Crippen LogP contribution in [0.4, 0.5) is 0 Å². The Balaban J connectivity index is 1.58. The minimum Gasteiger partial charge on any atom is -0.379 e. The van der Waals surface area contributed by atoms with Gasteiger partial charge in [0.05, 0.1) is 13.2 Å². The maximum atomic E-state index is 11.9. The van der Waals surface area contributed by atoms with Gasteiger partial charge in [0, 0.05) is 25.7 Å². The number of hydrogen-bond donors (Lipinski definition) is 2. The zero-order valence-electron chi connectivity index (χ0n) is 13.6. The quantitative estimate of drug-likeness (QED) is 0.574. The second-order valence-electron chi connectivity index (χ2n) is 6.41. The number of hydrogen-bond acceptors (Lipinski definition) is 4. The lowest BCUT2D eigenvalue weighted by Gasteiger charge is -2.29. The standard InChI is InChI=1S/C16H29N3O3/c1-13-5-2-3-6-14(13)18-16(21)15(20)17-7-4-8-19-9-11-22-12-10-19/h13-14H,2-12H2,1H3,(H,17,20)(H,18,21)/t13-,14-/m0/s1. The summed E-state index contributed by atoms with van der Waals surface area (Å²) in [6, 6.07) is 0.153. The van der Waals surface area contributed by atoms with Crippen molar-refractivity contribution >= 4 is 11.8 Å². The summed E-state index contributed by atoms with van der Waals surface area (Å²) in [4.78, 5) is 26.0. The van der Waals surface area contributed by atoms with Gasteiger partial charge in [-0.15, -0.1) is 0 Å². The van der Waals surface area contributed by atoms with E-state index in [0.29, 0.717) is 12.5 Å². The highest BCUT2D eigenvalue weighted by Gasteiger charge is 2.25.